The number of carbonyl (C=O) groups is 1. The summed E-state index contributed by atoms with van der Waals surface area (Å²) < 4.78 is 5.57. The number of hydrogen-bond donors (Lipinski definition) is 2. The fourth-order valence-electron chi connectivity index (χ4n) is 2.25. The SMILES string of the molecule is CC(C)Oc1ccc(C(=O)CN2CCNCC2)cc1N. The first-order valence-electron chi connectivity index (χ1n) is 7.08. The van der Waals surface area contributed by atoms with Crippen LogP contribution in [0.2, 0.25) is 0 Å². The molecule has 3 N–H and O–H groups in total. The molecular formula is C15H23N3O2. The third-order valence-corrected chi connectivity index (χ3v) is 3.27. The van der Waals surface area contributed by atoms with E-state index < -0.39 is 0 Å². The number of piperazine rings is 1. The predicted octanol–water partition coefficient (Wildman–Crippen LogP) is 1.14. The molecule has 0 aromatic heterocycles. The molecule has 1 fully saturated rings. The molecule has 0 spiro atoms. The maximum absolute atomic E-state index is 12.2. The molecule has 0 unspecified atom stereocenters. The van der Waals surface area contributed by atoms with Gasteiger partial charge in [0.15, 0.2) is 5.78 Å². The smallest absolute Gasteiger partial charge is 0.176 e. The van der Waals surface area contributed by atoms with Crippen LogP contribution in [0.25, 0.3) is 0 Å². The van der Waals surface area contributed by atoms with Crippen LogP contribution in [0.15, 0.2) is 18.2 Å². The maximum Gasteiger partial charge on any atom is 0.176 e. The van der Waals surface area contributed by atoms with Crippen molar-refractivity contribution in [3.8, 4) is 5.75 Å². The third-order valence-electron chi connectivity index (χ3n) is 3.27. The molecule has 1 aliphatic heterocycles. The number of rotatable bonds is 5. The van der Waals surface area contributed by atoms with Gasteiger partial charge in [-0.25, -0.2) is 0 Å². The molecule has 5 heteroatoms. The monoisotopic (exact) mass is 277 g/mol. The van der Waals surface area contributed by atoms with Crippen LogP contribution in [0.5, 0.6) is 5.75 Å². The summed E-state index contributed by atoms with van der Waals surface area (Å²) in [7, 11) is 0. The zero-order chi connectivity index (χ0) is 14.5. The van der Waals surface area contributed by atoms with Gasteiger partial charge in [0.05, 0.1) is 18.3 Å². The van der Waals surface area contributed by atoms with E-state index in [1.54, 1.807) is 18.2 Å². The highest BCUT2D eigenvalue weighted by Crippen LogP contribution is 2.24. The van der Waals surface area contributed by atoms with Gasteiger partial charge in [0.1, 0.15) is 5.75 Å². The molecule has 0 aliphatic carbocycles. The fraction of sp³-hybridized carbons (Fsp3) is 0.533. The number of ketones is 1. The maximum atomic E-state index is 12.2. The van der Waals surface area contributed by atoms with Crippen molar-refractivity contribution in [1.82, 2.24) is 10.2 Å². The minimum absolute atomic E-state index is 0.0692. The summed E-state index contributed by atoms with van der Waals surface area (Å²) in [6, 6.07) is 5.28. The van der Waals surface area contributed by atoms with E-state index in [1.165, 1.54) is 0 Å². The summed E-state index contributed by atoms with van der Waals surface area (Å²) in [6.07, 6.45) is 0.0692. The van der Waals surface area contributed by atoms with Crippen LogP contribution in [0.1, 0.15) is 24.2 Å². The second-order valence-corrected chi connectivity index (χ2v) is 5.37. The zero-order valence-corrected chi connectivity index (χ0v) is 12.2. The summed E-state index contributed by atoms with van der Waals surface area (Å²) in [4.78, 5) is 14.4. The van der Waals surface area contributed by atoms with E-state index in [-0.39, 0.29) is 11.9 Å². The topological polar surface area (TPSA) is 67.6 Å². The Labute approximate surface area is 120 Å². The average molecular weight is 277 g/mol. The number of nitrogens with one attached hydrogen (secondary N) is 1. The Morgan fingerprint density at radius 2 is 2.10 bits per heavy atom. The molecule has 20 heavy (non-hydrogen) atoms. The standard InChI is InChI=1S/C15H23N3O2/c1-11(2)20-15-4-3-12(9-13(15)16)14(19)10-18-7-5-17-6-8-18/h3-4,9,11,17H,5-8,10,16H2,1-2H3. The van der Waals surface area contributed by atoms with Crippen LogP contribution in [0, 0.1) is 0 Å². The molecule has 1 saturated heterocycles. The summed E-state index contributed by atoms with van der Waals surface area (Å²) in [5, 5.41) is 3.27. The average Bonchev–Trinajstić information content (AvgIpc) is 2.41. The van der Waals surface area contributed by atoms with Crippen molar-refractivity contribution in [2.24, 2.45) is 0 Å². The van der Waals surface area contributed by atoms with Crippen molar-refractivity contribution in [3.63, 3.8) is 0 Å². The number of Topliss-reactive ketones (excluding diaryl/α,β-unsaturated/α-hetero) is 1. The van der Waals surface area contributed by atoms with Gasteiger partial charge in [0.2, 0.25) is 0 Å². The molecule has 0 bridgehead atoms. The van der Waals surface area contributed by atoms with Crippen molar-refractivity contribution in [2.75, 3.05) is 38.5 Å². The van der Waals surface area contributed by atoms with Crippen molar-refractivity contribution < 1.29 is 9.53 Å². The summed E-state index contributed by atoms with van der Waals surface area (Å²) >= 11 is 0. The van der Waals surface area contributed by atoms with Crippen LogP contribution in [0.3, 0.4) is 0 Å². The normalized spacial score (nSPS) is 16.4. The summed E-state index contributed by atoms with van der Waals surface area (Å²) in [6.45, 7) is 8.05. The first kappa shape index (κ1) is 14.8. The highest BCUT2D eigenvalue weighted by molar-refractivity contribution is 5.98. The number of nitrogens with two attached hydrogens (primary N) is 1. The quantitative estimate of drug-likeness (QED) is 0.624. The number of benzene rings is 1. The third kappa shape index (κ3) is 3.95. The first-order valence-corrected chi connectivity index (χ1v) is 7.08. The Balaban J connectivity index is 2.01. The second-order valence-electron chi connectivity index (χ2n) is 5.37. The van der Waals surface area contributed by atoms with E-state index in [2.05, 4.69) is 10.2 Å². The van der Waals surface area contributed by atoms with Crippen LogP contribution in [0.4, 0.5) is 5.69 Å². The molecule has 1 aliphatic rings. The molecule has 2 rings (SSSR count). The summed E-state index contributed by atoms with van der Waals surface area (Å²) in [5.41, 5.74) is 7.11. The van der Waals surface area contributed by atoms with Crippen LogP contribution < -0.4 is 15.8 Å². The largest absolute Gasteiger partial charge is 0.489 e. The molecule has 1 heterocycles. The molecule has 110 valence electrons. The lowest BCUT2D eigenvalue weighted by Crippen LogP contribution is -2.45. The first-order chi connectivity index (χ1) is 9.56. The number of nitrogens with zero attached hydrogens (tertiary/aromatic N) is 1. The van der Waals surface area contributed by atoms with E-state index >= 15 is 0 Å². The number of anilines is 1. The van der Waals surface area contributed by atoms with Crippen LogP contribution in [-0.4, -0.2) is 49.5 Å². The van der Waals surface area contributed by atoms with Crippen LogP contribution >= 0.6 is 0 Å². The zero-order valence-electron chi connectivity index (χ0n) is 12.2. The van der Waals surface area contributed by atoms with E-state index in [0.717, 1.165) is 26.2 Å². The van der Waals surface area contributed by atoms with Crippen molar-refractivity contribution >= 4 is 11.5 Å². The lowest BCUT2D eigenvalue weighted by atomic mass is 10.1. The van der Waals surface area contributed by atoms with E-state index in [0.29, 0.717) is 23.5 Å². The van der Waals surface area contributed by atoms with E-state index in [1.807, 2.05) is 13.8 Å². The molecule has 0 saturated carbocycles. The van der Waals surface area contributed by atoms with Gasteiger partial charge >= 0.3 is 0 Å². The van der Waals surface area contributed by atoms with Gasteiger partial charge < -0.3 is 15.8 Å². The minimum atomic E-state index is 0.0692. The van der Waals surface area contributed by atoms with Gasteiger partial charge in [-0.1, -0.05) is 0 Å². The Kier molecular flexibility index (Phi) is 4.98. The highest BCUT2D eigenvalue weighted by Gasteiger charge is 2.16. The van der Waals surface area contributed by atoms with E-state index in [4.69, 9.17) is 10.5 Å². The van der Waals surface area contributed by atoms with Crippen molar-refractivity contribution in [2.45, 2.75) is 20.0 Å². The molecule has 0 atom stereocenters. The van der Waals surface area contributed by atoms with E-state index in [9.17, 15) is 4.79 Å². The molecular weight excluding hydrogens is 254 g/mol. The molecule has 1 aromatic carbocycles. The van der Waals surface area contributed by atoms with Gasteiger partial charge in [-0.2, -0.15) is 0 Å². The fourth-order valence-corrected chi connectivity index (χ4v) is 2.25. The van der Waals surface area contributed by atoms with Gasteiger partial charge in [-0.3, -0.25) is 9.69 Å². The molecule has 0 radical (unpaired) electrons. The van der Waals surface area contributed by atoms with Gasteiger partial charge in [0, 0.05) is 31.7 Å². The second kappa shape index (κ2) is 6.72. The predicted molar refractivity (Wildman–Crippen MR) is 80.3 cm³/mol. The van der Waals surface area contributed by atoms with Crippen LogP contribution in [-0.2, 0) is 0 Å². The number of ether oxygens (including phenoxy) is 1. The summed E-state index contributed by atoms with van der Waals surface area (Å²) in [5.74, 6) is 0.744. The molecule has 0 amide bonds. The Morgan fingerprint density at radius 1 is 1.40 bits per heavy atom. The highest BCUT2D eigenvalue weighted by atomic mass is 16.5. The van der Waals surface area contributed by atoms with Crippen molar-refractivity contribution in [3.05, 3.63) is 23.8 Å². The Bertz CT molecular complexity index is 468. The van der Waals surface area contributed by atoms with Gasteiger partial charge in [0.25, 0.3) is 0 Å². The minimum Gasteiger partial charge on any atom is -0.489 e. The Hall–Kier alpha value is -1.59. The Morgan fingerprint density at radius 3 is 2.70 bits per heavy atom. The molecule has 1 aromatic rings. The number of hydrogen-bond acceptors (Lipinski definition) is 5. The molecule has 5 nitrogen and oxygen atoms in total. The van der Waals surface area contributed by atoms with Gasteiger partial charge in [-0.15, -0.1) is 0 Å². The van der Waals surface area contributed by atoms with Crippen molar-refractivity contribution in [1.29, 1.82) is 0 Å². The number of carbonyl (C=O) groups excluding carboxylic acids is 1. The van der Waals surface area contributed by atoms with Gasteiger partial charge in [-0.05, 0) is 32.0 Å². The lowest BCUT2D eigenvalue weighted by molar-refractivity contribution is 0.0921. The lowest BCUT2D eigenvalue weighted by Gasteiger charge is -2.26. The number of nitrogen functional groups attached to an aromatic ring is 1.